The molecule has 8 heteroatoms. The molecule has 36 heavy (non-hydrogen) atoms. The van der Waals surface area contributed by atoms with Crippen LogP contribution in [0.4, 0.5) is 4.39 Å². The van der Waals surface area contributed by atoms with E-state index in [9.17, 15) is 24.1 Å². The van der Waals surface area contributed by atoms with E-state index in [1.54, 1.807) is 11.0 Å². The van der Waals surface area contributed by atoms with Crippen molar-refractivity contribution in [1.29, 1.82) is 0 Å². The predicted octanol–water partition coefficient (Wildman–Crippen LogP) is 4.86. The zero-order chi connectivity index (χ0) is 25.6. The second-order valence-electron chi connectivity index (χ2n) is 11.1. The number of amides is 2. The molecule has 2 amide bonds. The van der Waals surface area contributed by atoms with Crippen molar-refractivity contribution < 1.29 is 28.8 Å². The number of allylic oxidation sites excluding steroid dienone is 2. The van der Waals surface area contributed by atoms with E-state index in [-0.39, 0.29) is 41.5 Å². The van der Waals surface area contributed by atoms with E-state index in [0.29, 0.717) is 31.1 Å². The zero-order valence-electron chi connectivity index (χ0n) is 21.1. The van der Waals surface area contributed by atoms with Gasteiger partial charge in [0.2, 0.25) is 11.8 Å². The molecule has 0 aromatic heterocycles. The molecule has 192 valence electrons. The Hall–Kier alpha value is -2.45. The van der Waals surface area contributed by atoms with Gasteiger partial charge in [-0.3, -0.25) is 14.5 Å². The van der Waals surface area contributed by atoms with Crippen LogP contribution in [0.3, 0.4) is 0 Å². The maximum atomic E-state index is 13.7. The number of imide groups is 1. The average molecular weight is 495 g/mol. The van der Waals surface area contributed by atoms with Crippen LogP contribution in [-0.2, 0) is 14.2 Å². The third kappa shape index (κ3) is 4.65. The highest BCUT2D eigenvalue weighted by molar-refractivity contribution is 6.43. The summed E-state index contributed by atoms with van der Waals surface area (Å²) in [6, 6.07) is 4.31. The molecule has 5 rings (SSSR count). The highest BCUT2D eigenvalue weighted by Gasteiger charge is 2.57. The first kappa shape index (κ1) is 25.2. The number of rotatable bonds is 5. The van der Waals surface area contributed by atoms with Crippen LogP contribution in [0.2, 0.25) is 6.32 Å². The van der Waals surface area contributed by atoms with Crippen molar-refractivity contribution in [3.8, 4) is 5.75 Å². The molecule has 0 unspecified atom stereocenters. The maximum absolute atomic E-state index is 13.7. The van der Waals surface area contributed by atoms with Gasteiger partial charge in [-0.15, -0.1) is 0 Å². The van der Waals surface area contributed by atoms with Gasteiger partial charge in [0.15, 0.2) is 11.6 Å². The van der Waals surface area contributed by atoms with Crippen LogP contribution >= 0.6 is 0 Å². The number of nitrogens with zero attached hydrogens (tertiary/aromatic N) is 1. The SMILES string of the molecule is CC1=C2[C@@H](CC/C(C)=C/c3ccc(O)c(F)c3)OB(O)C[C@@H]2[C@@H]2C(=O)N(C3CCCCC3)C(=O)[C@@H]2C1. The van der Waals surface area contributed by atoms with E-state index in [2.05, 4.69) is 0 Å². The Kier molecular flexibility index (Phi) is 7.10. The molecule has 6 nitrogen and oxygen atoms in total. The first-order valence-corrected chi connectivity index (χ1v) is 13.3. The minimum Gasteiger partial charge on any atom is -0.505 e. The van der Waals surface area contributed by atoms with E-state index in [4.69, 9.17) is 4.65 Å². The fourth-order valence-corrected chi connectivity index (χ4v) is 6.97. The Labute approximate surface area is 212 Å². The molecule has 2 aliphatic carbocycles. The topological polar surface area (TPSA) is 87.1 Å². The van der Waals surface area contributed by atoms with Gasteiger partial charge in [-0.2, -0.15) is 0 Å². The third-order valence-corrected chi connectivity index (χ3v) is 8.61. The first-order valence-electron chi connectivity index (χ1n) is 13.3. The molecule has 1 saturated carbocycles. The smallest absolute Gasteiger partial charge is 0.455 e. The summed E-state index contributed by atoms with van der Waals surface area (Å²) in [7, 11) is -0.975. The van der Waals surface area contributed by atoms with Gasteiger partial charge in [0.05, 0.1) is 17.9 Å². The molecule has 3 fully saturated rings. The fourth-order valence-electron chi connectivity index (χ4n) is 6.97. The Bertz CT molecular complexity index is 1110. The highest BCUT2D eigenvalue weighted by Crippen LogP contribution is 2.51. The lowest BCUT2D eigenvalue weighted by molar-refractivity contribution is -0.143. The minimum atomic E-state index is -0.975. The lowest BCUT2D eigenvalue weighted by atomic mass is 9.59. The van der Waals surface area contributed by atoms with Crippen molar-refractivity contribution in [3.63, 3.8) is 0 Å². The molecule has 0 spiro atoms. The van der Waals surface area contributed by atoms with Crippen LogP contribution in [0.15, 0.2) is 34.9 Å². The number of hydrogen-bond donors (Lipinski definition) is 2. The van der Waals surface area contributed by atoms with Crippen molar-refractivity contribution >= 4 is 25.0 Å². The van der Waals surface area contributed by atoms with E-state index >= 15 is 0 Å². The number of halogens is 1. The Morgan fingerprint density at radius 3 is 2.67 bits per heavy atom. The number of hydrogen-bond acceptors (Lipinski definition) is 5. The van der Waals surface area contributed by atoms with Gasteiger partial charge in [0.1, 0.15) is 0 Å². The number of likely N-dealkylation sites (tertiary alicyclic amines) is 1. The van der Waals surface area contributed by atoms with Crippen molar-refractivity contribution in [3.05, 3.63) is 46.3 Å². The molecule has 1 aromatic rings. The Balaban J connectivity index is 1.34. The van der Waals surface area contributed by atoms with E-state index in [1.165, 1.54) is 12.1 Å². The zero-order valence-corrected chi connectivity index (χ0v) is 21.1. The van der Waals surface area contributed by atoms with Gasteiger partial charge in [0, 0.05) is 6.04 Å². The lowest BCUT2D eigenvalue weighted by Crippen LogP contribution is -2.46. The summed E-state index contributed by atoms with van der Waals surface area (Å²) in [6.07, 6.45) is 8.80. The fraction of sp³-hybridized carbons (Fsp3) is 0.571. The molecular formula is C28H35BFNO5. The lowest BCUT2D eigenvalue weighted by Gasteiger charge is -2.42. The molecular weight excluding hydrogens is 460 g/mol. The number of phenols is 1. The summed E-state index contributed by atoms with van der Waals surface area (Å²) < 4.78 is 19.7. The van der Waals surface area contributed by atoms with Gasteiger partial charge in [-0.25, -0.2) is 4.39 Å². The molecule has 2 N–H and O–H groups in total. The molecule has 2 saturated heterocycles. The van der Waals surface area contributed by atoms with Gasteiger partial charge >= 0.3 is 7.12 Å². The largest absolute Gasteiger partial charge is 0.505 e. The van der Waals surface area contributed by atoms with Crippen molar-refractivity contribution in [2.45, 2.75) is 83.7 Å². The Morgan fingerprint density at radius 1 is 1.19 bits per heavy atom. The monoisotopic (exact) mass is 495 g/mol. The minimum absolute atomic E-state index is 0.0196. The summed E-state index contributed by atoms with van der Waals surface area (Å²) in [5.74, 6) is -2.02. The van der Waals surface area contributed by atoms with Crippen LogP contribution in [-0.4, -0.2) is 46.1 Å². The summed E-state index contributed by atoms with van der Waals surface area (Å²) in [6.45, 7) is 4.00. The maximum Gasteiger partial charge on any atom is 0.455 e. The van der Waals surface area contributed by atoms with Crippen molar-refractivity contribution in [2.24, 2.45) is 17.8 Å². The number of benzene rings is 1. The molecule has 1 aromatic carbocycles. The van der Waals surface area contributed by atoms with Gasteiger partial charge in [-0.05, 0) is 81.5 Å². The standard InChI is InChI=1S/C28H35BFNO5/c1-16(12-18-9-10-23(32)22(30)14-18)8-11-24-25-17(2)13-20-26(21(25)15-29(35)36-24)28(34)31(27(20)33)19-6-4-3-5-7-19/h9-10,12,14,19-21,24,26,32,35H,3-8,11,13,15H2,1-2H3/b16-12+/t20-,21+,24-,26-/m1/s1. The van der Waals surface area contributed by atoms with E-state index < -0.39 is 18.9 Å². The van der Waals surface area contributed by atoms with Crippen LogP contribution < -0.4 is 0 Å². The number of phenolic OH excluding ortho intramolecular Hbond substituents is 1. The van der Waals surface area contributed by atoms with Gasteiger partial charge in [0.25, 0.3) is 0 Å². The van der Waals surface area contributed by atoms with Gasteiger partial charge < -0.3 is 14.8 Å². The van der Waals surface area contributed by atoms with Crippen LogP contribution in [0, 0.1) is 23.6 Å². The normalized spacial score (nSPS) is 29.6. The number of fused-ring (bicyclic) bond motifs is 3. The van der Waals surface area contributed by atoms with Crippen molar-refractivity contribution in [2.75, 3.05) is 0 Å². The molecule has 2 aliphatic heterocycles. The molecule has 0 radical (unpaired) electrons. The Morgan fingerprint density at radius 2 is 1.94 bits per heavy atom. The van der Waals surface area contributed by atoms with E-state index in [0.717, 1.165) is 48.8 Å². The predicted molar refractivity (Wildman–Crippen MR) is 135 cm³/mol. The first-order chi connectivity index (χ1) is 17.2. The summed E-state index contributed by atoms with van der Waals surface area (Å²) in [5, 5.41) is 20.0. The van der Waals surface area contributed by atoms with Crippen molar-refractivity contribution in [1.82, 2.24) is 4.90 Å². The number of carbonyl (C=O) groups excluding carboxylic acids is 2. The summed E-state index contributed by atoms with van der Waals surface area (Å²) in [4.78, 5) is 28.6. The molecule has 2 heterocycles. The van der Waals surface area contributed by atoms with Gasteiger partial charge in [-0.1, -0.05) is 42.6 Å². The van der Waals surface area contributed by atoms with E-state index in [1.807, 2.05) is 19.9 Å². The molecule has 4 atom stereocenters. The number of aromatic hydroxyl groups is 1. The average Bonchev–Trinajstić information content (AvgIpc) is 3.09. The van der Waals surface area contributed by atoms with Crippen LogP contribution in [0.25, 0.3) is 6.08 Å². The van der Waals surface area contributed by atoms with Crippen LogP contribution in [0.1, 0.15) is 70.8 Å². The highest BCUT2D eigenvalue weighted by atomic mass is 19.1. The summed E-state index contributed by atoms with van der Waals surface area (Å²) in [5.41, 5.74) is 3.87. The number of carbonyl (C=O) groups is 2. The molecule has 0 bridgehead atoms. The van der Waals surface area contributed by atoms with Crippen LogP contribution in [0.5, 0.6) is 5.75 Å². The quantitative estimate of drug-likeness (QED) is 0.346. The second-order valence-corrected chi connectivity index (χ2v) is 11.1. The molecule has 4 aliphatic rings. The second kappa shape index (κ2) is 10.1. The summed E-state index contributed by atoms with van der Waals surface area (Å²) >= 11 is 0. The third-order valence-electron chi connectivity index (χ3n) is 8.61.